The van der Waals surface area contributed by atoms with Gasteiger partial charge in [-0.1, -0.05) is 0 Å². The van der Waals surface area contributed by atoms with Crippen LogP contribution < -0.4 is 0 Å². The van der Waals surface area contributed by atoms with Gasteiger partial charge in [-0.05, 0) is 0 Å². The first-order valence-corrected chi connectivity index (χ1v) is 10.2. The topological polar surface area (TPSA) is 119 Å². The van der Waals surface area contributed by atoms with Crippen LogP contribution in [-0.4, -0.2) is 131 Å². The highest BCUT2D eigenvalue weighted by molar-refractivity contribution is 5.75. The average Bonchev–Trinajstić information content (AvgIpc) is 2.82. The number of carbonyl (C=O) groups is 1. The quantitative estimate of drug-likeness (QED) is 0.359. The SMILES string of the molecule is COC[C@@H]1O[C@@H](OC2C(OC)C(OC)OC(C(=O)OC)C2OC)[C@@H](OC)[C@@H](OC)[C@@H]1OC. The van der Waals surface area contributed by atoms with E-state index in [4.69, 9.17) is 52.1 Å². The molecule has 0 bridgehead atoms. The van der Waals surface area contributed by atoms with Crippen molar-refractivity contribution in [3.63, 3.8) is 0 Å². The van der Waals surface area contributed by atoms with Gasteiger partial charge < -0.3 is 52.1 Å². The predicted octanol–water partition coefficient (Wildman–Crippen LogP) is -0.638. The number of carbonyl (C=O) groups excluding carboxylic acids is 1. The number of hydrogen-bond donors (Lipinski definition) is 0. The Labute approximate surface area is 188 Å². The van der Waals surface area contributed by atoms with E-state index < -0.39 is 67.4 Å². The maximum absolute atomic E-state index is 12.4. The Morgan fingerprint density at radius 2 is 1.19 bits per heavy atom. The fraction of sp³-hybridized carbons (Fsp3) is 0.950. The lowest BCUT2D eigenvalue weighted by Crippen LogP contribution is -2.66. The highest BCUT2D eigenvalue weighted by atomic mass is 16.8. The van der Waals surface area contributed by atoms with Crippen molar-refractivity contribution in [2.75, 3.05) is 63.5 Å². The highest BCUT2D eigenvalue weighted by Gasteiger charge is 2.55. The van der Waals surface area contributed by atoms with Crippen molar-refractivity contribution in [2.45, 2.75) is 61.4 Å². The molecule has 10 atom stereocenters. The zero-order chi connectivity index (χ0) is 23.8. The molecular weight excluding hydrogens is 432 g/mol. The lowest BCUT2D eigenvalue weighted by atomic mass is 9.96. The minimum Gasteiger partial charge on any atom is -0.467 e. The molecule has 12 heteroatoms. The van der Waals surface area contributed by atoms with Gasteiger partial charge in [0.1, 0.15) is 42.7 Å². The summed E-state index contributed by atoms with van der Waals surface area (Å²) in [5.41, 5.74) is 0. The van der Waals surface area contributed by atoms with Crippen molar-refractivity contribution in [1.29, 1.82) is 0 Å². The fourth-order valence-corrected chi connectivity index (χ4v) is 4.21. The molecule has 0 spiro atoms. The maximum Gasteiger partial charge on any atom is 0.337 e. The summed E-state index contributed by atoms with van der Waals surface area (Å²) >= 11 is 0. The van der Waals surface area contributed by atoms with Crippen molar-refractivity contribution in [1.82, 2.24) is 0 Å². The summed E-state index contributed by atoms with van der Waals surface area (Å²) < 4.78 is 61.9. The van der Waals surface area contributed by atoms with Crippen LogP contribution in [0.3, 0.4) is 0 Å². The van der Waals surface area contributed by atoms with Crippen molar-refractivity contribution in [3.05, 3.63) is 0 Å². The van der Waals surface area contributed by atoms with Crippen LogP contribution in [0.25, 0.3) is 0 Å². The van der Waals surface area contributed by atoms with Crippen LogP contribution in [0.5, 0.6) is 0 Å². The molecule has 2 aliphatic rings. The van der Waals surface area contributed by atoms with Crippen LogP contribution in [0.2, 0.25) is 0 Å². The van der Waals surface area contributed by atoms with Gasteiger partial charge in [-0.3, -0.25) is 0 Å². The molecule has 188 valence electrons. The molecule has 32 heavy (non-hydrogen) atoms. The van der Waals surface area contributed by atoms with E-state index >= 15 is 0 Å². The molecule has 2 fully saturated rings. The summed E-state index contributed by atoms with van der Waals surface area (Å²) in [6, 6.07) is 0. The van der Waals surface area contributed by atoms with Crippen LogP contribution in [0.1, 0.15) is 0 Å². The van der Waals surface area contributed by atoms with Gasteiger partial charge in [0.15, 0.2) is 18.7 Å². The minimum absolute atomic E-state index is 0.231. The Kier molecular flexibility index (Phi) is 11.2. The second-order valence-electron chi connectivity index (χ2n) is 7.28. The third kappa shape index (κ3) is 5.58. The number of ether oxygens (including phenoxy) is 11. The number of methoxy groups -OCH3 is 8. The van der Waals surface area contributed by atoms with Crippen LogP contribution in [0, 0.1) is 0 Å². The van der Waals surface area contributed by atoms with Crippen LogP contribution in [0.4, 0.5) is 0 Å². The van der Waals surface area contributed by atoms with Crippen molar-refractivity contribution in [3.8, 4) is 0 Å². The van der Waals surface area contributed by atoms with Crippen LogP contribution >= 0.6 is 0 Å². The zero-order valence-electron chi connectivity index (χ0n) is 19.9. The largest absolute Gasteiger partial charge is 0.467 e. The molecule has 12 nitrogen and oxygen atoms in total. The molecule has 0 aromatic heterocycles. The van der Waals surface area contributed by atoms with Gasteiger partial charge in [-0.25, -0.2) is 4.79 Å². The minimum atomic E-state index is -1.12. The van der Waals surface area contributed by atoms with E-state index in [1.54, 1.807) is 21.3 Å². The highest BCUT2D eigenvalue weighted by Crippen LogP contribution is 2.34. The monoisotopic (exact) mass is 468 g/mol. The Bertz CT molecular complexity index is 563. The van der Waals surface area contributed by atoms with E-state index in [1.807, 2.05) is 0 Å². The Hall–Kier alpha value is -0.930. The summed E-state index contributed by atoms with van der Waals surface area (Å²) in [5, 5.41) is 0. The van der Waals surface area contributed by atoms with Crippen molar-refractivity contribution in [2.24, 2.45) is 0 Å². The van der Waals surface area contributed by atoms with Gasteiger partial charge in [0, 0.05) is 49.8 Å². The van der Waals surface area contributed by atoms with E-state index in [-0.39, 0.29) is 6.61 Å². The van der Waals surface area contributed by atoms with Crippen molar-refractivity contribution < 1.29 is 56.9 Å². The van der Waals surface area contributed by atoms with Gasteiger partial charge in [0.05, 0.1) is 13.7 Å². The second kappa shape index (κ2) is 13.1. The van der Waals surface area contributed by atoms with Gasteiger partial charge in [0.25, 0.3) is 0 Å². The Morgan fingerprint density at radius 1 is 0.625 bits per heavy atom. The molecule has 0 aromatic carbocycles. The van der Waals surface area contributed by atoms with E-state index in [1.165, 1.54) is 35.5 Å². The summed E-state index contributed by atoms with van der Waals surface area (Å²) in [6.07, 6.45) is -7.65. The molecule has 2 aliphatic heterocycles. The van der Waals surface area contributed by atoms with Crippen LogP contribution in [0.15, 0.2) is 0 Å². The maximum atomic E-state index is 12.4. The van der Waals surface area contributed by atoms with E-state index in [9.17, 15) is 4.79 Å². The molecule has 2 heterocycles. The first-order chi connectivity index (χ1) is 15.4. The molecular formula is C20H36O12. The summed E-state index contributed by atoms with van der Waals surface area (Å²) in [4.78, 5) is 12.4. The molecule has 5 unspecified atom stereocenters. The second-order valence-corrected chi connectivity index (χ2v) is 7.28. The smallest absolute Gasteiger partial charge is 0.337 e. The van der Waals surface area contributed by atoms with Gasteiger partial charge in [-0.15, -0.1) is 0 Å². The predicted molar refractivity (Wildman–Crippen MR) is 107 cm³/mol. The van der Waals surface area contributed by atoms with E-state index in [0.717, 1.165) is 0 Å². The molecule has 0 amide bonds. The fourth-order valence-electron chi connectivity index (χ4n) is 4.21. The first-order valence-electron chi connectivity index (χ1n) is 10.2. The van der Waals surface area contributed by atoms with E-state index in [2.05, 4.69) is 0 Å². The summed E-state index contributed by atoms with van der Waals surface area (Å²) in [5.74, 6) is -0.638. The summed E-state index contributed by atoms with van der Waals surface area (Å²) in [6.45, 7) is 0.231. The number of hydrogen-bond acceptors (Lipinski definition) is 12. The standard InChI is InChI=1S/C20H36O12/c1-22-9-10-11(23-2)12(24-3)16(26-5)20(30-10)31-14-13(25-4)15(18(21)28-7)32-19(29-8)17(14)27-6/h10-17,19-20H,9H2,1-8H3/t10-,11+,12-,13?,14?,15?,16-,17?,19?,20-/m0/s1. The van der Waals surface area contributed by atoms with E-state index in [0.29, 0.717) is 0 Å². The number of esters is 1. The lowest BCUT2D eigenvalue weighted by Gasteiger charge is -2.48. The van der Waals surface area contributed by atoms with Gasteiger partial charge in [-0.2, -0.15) is 0 Å². The Morgan fingerprint density at radius 3 is 1.66 bits per heavy atom. The zero-order valence-corrected chi connectivity index (χ0v) is 19.9. The third-order valence-electron chi connectivity index (χ3n) is 5.73. The van der Waals surface area contributed by atoms with Crippen molar-refractivity contribution >= 4 is 5.97 Å². The average molecular weight is 468 g/mol. The molecule has 0 N–H and O–H groups in total. The normalized spacial score (nSPS) is 40.2. The first kappa shape index (κ1) is 27.3. The Balaban J connectivity index is 2.39. The van der Waals surface area contributed by atoms with Gasteiger partial charge >= 0.3 is 5.97 Å². The molecule has 0 radical (unpaired) electrons. The van der Waals surface area contributed by atoms with Gasteiger partial charge in [0.2, 0.25) is 0 Å². The lowest BCUT2D eigenvalue weighted by molar-refractivity contribution is -0.363. The van der Waals surface area contributed by atoms with Crippen LogP contribution in [-0.2, 0) is 56.9 Å². The molecule has 0 aliphatic carbocycles. The molecule has 0 aromatic rings. The molecule has 2 rings (SSSR count). The summed E-state index contributed by atoms with van der Waals surface area (Å²) in [7, 11) is 11.8. The molecule has 0 saturated carbocycles. The molecule has 2 saturated heterocycles. The number of rotatable bonds is 11. The third-order valence-corrected chi connectivity index (χ3v) is 5.73.